The third kappa shape index (κ3) is 3.63. The second-order valence-corrected chi connectivity index (χ2v) is 5.22. The number of benzene rings is 2. The number of halogens is 1. The van der Waals surface area contributed by atoms with E-state index in [2.05, 4.69) is 15.3 Å². The van der Waals surface area contributed by atoms with Gasteiger partial charge in [0.2, 0.25) is 5.95 Å². The van der Waals surface area contributed by atoms with Crippen LogP contribution in [0.25, 0.3) is 0 Å². The van der Waals surface area contributed by atoms with Crippen LogP contribution in [0, 0.1) is 12.7 Å². The largest absolute Gasteiger partial charge is 0.340 e. The van der Waals surface area contributed by atoms with Crippen LogP contribution in [0.4, 0.5) is 27.5 Å². The number of para-hydroxylation sites is 1. The lowest BCUT2D eigenvalue weighted by molar-refractivity contribution is 0.628. The molecule has 0 spiro atoms. The first-order valence-corrected chi connectivity index (χ1v) is 7.29. The lowest BCUT2D eigenvalue weighted by Gasteiger charge is -2.18. The summed E-state index contributed by atoms with van der Waals surface area (Å²) in [6.07, 6.45) is 0. The average Bonchev–Trinajstić information content (AvgIpc) is 2.54. The summed E-state index contributed by atoms with van der Waals surface area (Å²) in [5, 5.41) is 3.11. The van der Waals surface area contributed by atoms with E-state index in [1.807, 2.05) is 55.3 Å². The average molecular weight is 308 g/mol. The Morgan fingerprint density at radius 2 is 1.74 bits per heavy atom. The first kappa shape index (κ1) is 15.0. The summed E-state index contributed by atoms with van der Waals surface area (Å²) >= 11 is 0. The smallest absolute Gasteiger partial charge is 0.231 e. The molecule has 5 heteroatoms. The molecule has 3 rings (SSSR count). The highest BCUT2D eigenvalue weighted by molar-refractivity contribution is 5.61. The molecular formula is C18H17FN4. The minimum atomic E-state index is -0.289. The maximum absolute atomic E-state index is 13.3. The molecule has 1 N–H and O–H groups in total. The van der Waals surface area contributed by atoms with Crippen molar-refractivity contribution >= 4 is 23.1 Å². The lowest BCUT2D eigenvalue weighted by atomic mass is 10.3. The van der Waals surface area contributed by atoms with Gasteiger partial charge in [-0.25, -0.2) is 9.37 Å². The van der Waals surface area contributed by atoms with Gasteiger partial charge in [0, 0.05) is 30.2 Å². The number of nitrogens with one attached hydrogen (secondary N) is 1. The van der Waals surface area contributed by atoms with Crippen LogP contribution in [-0.2, 0) is 0 Å². The zero-order chi connectivity index (χ0) is 16.2. The van der Waals surface area contributed by atoms with E-state index < -0.39 is 0 Å². The van der Waals surface area contributed by atoms with Crippen molar-refractivity contribution in [2.24, 2.45) is 0 Å². The van der Waals surface area contributed by atoms with Crippen LogP contribution in [0.15, 0.2) is 60.7 Å². The molecule has 1 heterocycles. The van der Waals surface area contributed by atoms with Crippen LogP contribution in [0.5, 0.6) is 0 Å². The fourth-order valence-corrected chi connectivity index (χ4v) is 2.25. The molecule has 0 unspecified atom stereocenters. The molecule has 0 aliphatic rings. The lowest BCUT2D eigenvalue weighted by Crippen LogP contribution is -2.14. The highest BCUT2D eigenvalue weighted by Crippen LogP contribution is 2.23. The number of hydrogen-bond donors (Lipinski definition) is 1. The Morgan fingerprint density at radius 3 is 2.48 bits per heavy atom. The zero-order valence-corrected chi connectivity index (χ0v) is 13.0. The number of aromatic nitrogens is 2. The molecule has 2 aromatic carbocycles. The van der Waals surface area contributed by atoms with Crippen LogP contribution < -0.4 is 10.2 Å². The predicted molar refractivity (Wildman–Crippen MR) is 91.0 cm³/mol. The van der Waals surface area contributed by atoms with Crippen LogP contribution in [-0.4, -0.2) is 17.0 Å². The van der Waals surface area contributed by atoms with E-state index in [4.69, 9.17) is 0 Å². The summed E-state index contributed by atoms with van der Waals surface area (Å²) in [5.74, 6) is 0.915. The SMILES string of the molecule is Cc1cc(Nc2cccc(F)c2)nc(N(C)c2ccccc2)n1. The molecule has 0 radical (unpaired) electrons. The van der Waals surface area contributed by atoms with E-state index in [1.165, 1.54) is 12.1 Å². The number of anilines is 4. The van der Waals surface area contributed by atoms with Gasteiger partial charge in [-0.3, -0.25) is 0 Å². The van der Waals surface area contributed by atoms with Crippen molar-refractivity contribution in [1.82, 2.24) is 9.97 Å². The summed E-state index contributed by atoms with van der Waals surface area (Å²) in [6, 6.07) is 18.0. The predicted octanol–water partition coefficient (Wildman–Crippen LogP) is 4.44. The molecule has 0 atom stereocenters. The van der Waals surface area contributed by atoms with Crippen molar-refractivity contribution in [3.05, 3.63) is 72.2 Å². The summed E-state index contributed by atoms with van der Waals surface area (Å²) in [5.41, 5.74) is 2.47. The van der Waals surface area contributed by atoms with Crippen molar-refractivity contribution in [3.8, 4) is 0 Å². The third-order valence-electron chi connectivity index (χ3n) is 3.38. The van der Waals surface area contributed by atoms with Crippen molar-refractivity contribution in [1.29, 1.82) is 0 Å². The fraction of sp³-hybridized carbons (Fsp3) is 0.111. The Hall–Kier alpha value is -2.95. The first-order valence-electron chi connectivity index (χ1n) is 7.29. The van der Waals surface area contributed by atoms with Crippen LogP contribution in [0.3, 0.4) is 0 Å². The van der Waals surface area contributed by atoms with E-state index in [0.717, 1.165) is 11.4 Å². The topological polar surface area (TPSA) is 41.1 Å². The molecule has 0 aliphatic carbocycles. The van der Waals surface area contributed by atoms with E-state index in [-0.39, 0.29) is 5.82 Å². The van der Waals surface area contributed by atoms with Crippen molar-refractivity contribution < 1.29 is 4.39 Å². The van der Waals surface area contributed by atoms with Gasteiger partial charge in [-0.2, -0.15) is 4.98 Å². The molecule has 0 fully saturated rings. The Morgan fingerprint density at radius 1 is 0.957 bits per heavy atom. The van der Waals surface area contributed by atoms with Gasteiger partial charge in [0.05, 0.1) is 0 Å². The number of hydrogen-bond acceptors (Lipinski definition) is 4. The van der Waals surface area contributed by atoms with Gasteiger partial charge in [-0.05, 0) is 37.3 Å². The standard InChI is InChI=1S/C18H17FN4/c1-13-11-17(21-15-8-6-7-14(19)12-15)22-18(20-13)23(2)16-9-4-3-5-10-16/h3-12H,1-2H3,(H,20,21,22). The van der Waals surface area contributed by atoms with Gasteiger partial charge >= 0.3 is 0 Å². The van der Waals surface area contributed by atoms with Crippen LogP contribution >= 0.6 is 0 Å². The minimum Gasteiger partial charge on any atom is -0.340 e. The van der Waals surface area contributed by atoms with Crippen molar-refractivity contribution in [2.45, 2.75) is 6.92 Å². The maximum Gasteiger partial charge on any atom is 0.231 e. The van der Waals surface area contributed by atoms with E-state index in [0.29, 0.717) is 17.5 Å². The minimum absolute atomic E-state index is 0.289. The molecule has 1 aromatic heterocycles. The fourth-order valence-electron chi connectivity index (χ4n) is 2.25. The monoisotopic (exact) mass is 308 g/mol. The van der Waals surface area contributed by atoms with Crippen molar-refractivity contribution in [2.75, 3.05) is 17.3 Å². The second-order valence-electron chi connectivity index (χ2n) is 5.22. The van der Waals surface area contributed by atoms with Gasteiger partial charge in [0.25, 0.3) is 0 Å². The number of nitrogens with zero attached hydrogens (tertiary/aromatic N) is 3. The van der Waals surface area contributed by atoms with E-state index in [9.17, 15) is 4.39 Å². The molecule has 0 bridgehead atoms. The maximum atomic E-state index is 13.3. The highest BCUT2D eigenvalue weighted by Gasteiger charge is 2.09. The van der Waals surface area contributed by atoms with Crippen LogP contribution in [0.1, 0.15) is 5.69 Å². The first-order chi connectivity index (χ1) is 11.1. The Balaban J connectivity index is 1.90. The molecule has 0 aliphatic heterocycles. The summed E-state index contributed by atoms with van der Waals surface area (Å²) in [6.45, 7) is 1.90. The Kier molecular flexibility index (Phi) is 4.19. The highest BCUT2D eigenvalue weighted by atomic mass is 19.1. The van der Waals surface area contributed by atoms with Gasteiger partial charge in [-0.15, -0.1) is 0 Å². The third-order valence-corrected chi connectivity index (χ3v) is 3.38. The summed E-state index contributed by atoms with van der Waals surface area (Å²) in [4.78, 5) is 10.9. The molecule has 4 nitrogen and oxygen atoms in total. The molecule has 23 heavy (non-hydrogen) atoms. The van der Waals surface area contributed by atoms with E-state index in [1.54, 1.807) is 12.1 Å². The van der Waals surface area contributed by atoms with E-state index >= 15 is 0 Å². The molecule has 0 saturated heterocycles. The normalized spacial score (nSPS) is 10.4. The zero-order valence-electron chi connectivity index (χ0n) is 13.0. The van der Waals surface area contributed by atoms with Gasteiger partial charge < -0.3 is 10.2 Å². The second kappa shape index (κ2) is 6.44. The summed E-state index contributed by atoms with van der Waals surface area (Å²) in [7, 11) is 1.91. The number of aryl methyl sites for hydroxylation is 1. The molecule has 0 amide bonds. The Bertz CT molecular complexity index is 805. The van der Waals surface area contributed by atoms with Crippen LogP contribution in [0.2, 0.25) is 0 Å². The summed E-state index contributed by atoms with van der Waals surface area (Å²) < 4.78 is 13.3. The Labute approximate surface area is 134 Å². The van der Waals surface area contributed by atoms with Gasteiger partial charge in [0.15, 0.2) is 0 Å². The van der Waals surface area contributed by atoms with Gasteiger partial charge in [0.1, 0.15) is 11.6 Å². The van der Waals surface area contributed by atoms with Gasteiger partial charge in [-0.1, -0.05) is 24.3 Å². The quantitative estimate of drug-likeness (QED) is 0.774. The molecule has 0 saturated carbocycles. The molecular weight excluding hydrogens is 291 g/mol. The molecule has 116 valence electrons. The van der Waals surface area contributed by atoms with Crippen molar-refractivity contribution in [3.63, 3.8) is 0 Å². The molecule has 3 aromatic rings. The number of rotatable bonds is 4.